The lowest BCUT2D eigenvalue weighted by atomic mass is 9.74. The van der Waals surface area contributed by atoms with Gasteiger partial charge in [-0.2, -0.15) is 5.10 Å². The quantitative estimate of drug-likeness (QED) is 0.837. The first-order chi connectivity index (χ1) is 13.2. The highest BCUT2D eigenvalue weighted by atomic mass is 16.5. The summed E-state index contributed by atoms with van der Waals surface area (Å²) < 4.78 is 5.62. The summed E-state index contributed by atoms with van der Waals surface area (Å²) in [4.78, 5) is 5.03. The molecule has 2 fully saturated rings. The summed E-state index contributed by atoms with van der Waals surface area (Å²) in [6.45, 7) is 8.21. The van der Waals surface area contributed by atoms with Gasteiger partial charge in [-0.15, -0.1) is 5.10 Å². The van der Waals surface area contributed by atoms with Gasteiger partial charge in [0.05, 0.1) is 12.3 Å². The molecule has 3 aliphatic rings. The molecule has 2 aromatic rings. The third-order valence-corrected chi connectivity index (χ3v) is 6.64. The van der Waals surface area contributed by atoms with Gasteiger partial charge < -0.3 is 14.5 Å². The van der Waals surface area contributed by atoms with Crippen molar-refractivity contribution in [2.45, 2.75) is 31.6 Å². The Hall–Kier alpha value is -2.14. The summed E-state index contributed by atoms with van der Waals surface area (Å²) >= 11 is 0. The smallest absolute Gasteiger partial charge is 0.151 e. The normalized spacial score (nSPS) is 23.8. The van der Waals surface area contributed by atoms with E-state index < -0.39 is 0 Å². The fourth-order valence-electron chi connectivity index (χ4n) is 5.09. The zero-order valence-electron chi connectivity index (χ0n) is 16.1. The molecule has 0 bridgehead atoms. The lowest BCUT2D eigenvalue weighted by Gasteiger charge is -2.40. The number of aryl methyl sites for hydroxylation is 1. The van der Waals surface area contributed by atoms with Crippen molar-refractivity contribution >= 4 is 11.5 Å². The predicted octanol–water partition coefficient (Wildman–Crippen LogP) is 3.18. The average Bonchev–Trinajstić information content (AvgIpc) is 3.31. The van der Waals surface area contributed by atoms with Crippen molar-refractivity contribution in [3.63, 3.8) is 0 Å². The number of piperidine rings is 1. The Balaban J connectivity index is 1.35. The highest BCUT2D eigenvalue weighted by Gasteiger charge is 2.45. The van der Waals surface area contributed by atoms with Gasteiger partial charge in [-0.1, -0.05) is 18.2 Å². The molecule has 0 aliphatic carbocycles. The van der Waals surface area contributed by atoms with Crippen LogP contribution in [0.4, 0.5) is 11.5 Å². The van der Waals surface area contributed by atoms with Gasteiger partial charge in [0.15, 0.2) is 5.82 Å². The van der Waals surface area contributed by atoms with Gasteiger partial charge >= 0.3 is 0 Å². The van der Waals surface area contributed by atoms with Gasteiger partial charge in [0, 0.05) is 49.8 Å². The van der Waals surface area contributed by atoms with Crippen LogP contribution >= 0.6 is 0 Å². The van der Waals surface area contributed by atoms with Crippen LogP contribution in [0.25, 0.3) is 0 Å². The number of rotatable bonds is 3. The van der Waals surface area contributed by atoms with Crippen molar-refractivity contribution < 1.29 is 4.74 Å². The van der Waals surface area contributed by atoms with E-state index in [1.54, 1.807) is 5.56 Å². The summed E-state index contributed by atoms with van der Waals surface area (Å²) in [7, 11) is 0. The lowest BCUT2D eigenvalue weighted by Crippen LogP contribution is -2.46. The molecule has 2 saturated heterocycles. The van der Waals surface area contributed by atoms with Crippen molar-refractivity contribution in [3.05, 3.63) is 47.7 Å². The minimum Gasteiger partial charge on any atom is -0.381 e. The van der Waals surface area contributed by atoms with Gasteiger partial charge in [-0.05, 0) is 49.9 Å². The zero-order chi connectivity index (χ0) is 18.3. The molecule has 0 saturated carbocycles. The molecule has 0 amide bonds. The minimum absolute atomic E-state index is 0.282. The molecule has 5 rings (SSSR count). The van der Waals surface area contributed by atoms with Gasteiger partial charge in [-0.25, -0.2) is 0 Å². The Morgan fingerprint density at radius 3 is 2.70 bits per heavy atom. The van der Waals surface area contributed by atoms with E-state index in [2.05, 4.69) is 56.4 Å². The number of nitrogens with zero attached hydrogens (tertiary/aromatic N) is 4. The SMILES string of the molecule is Cc1ccc(N2CCC3(CC2)CN(C[C@@H]2CCOC2)c2ccccc23)nn1. The van der Waals surface area contributed by atoms with Crippen molar-refractivity contribution in [2.24, 2.45) is 5.92 Å². The number of anilines is 2. The standard InChI is InChI=1S/C22H28N4O/c1-17-6-7-21(24-23-17)25-11-9-22(10-12-25)16-26(14-18-8-13-27-15-18)20-5-3-2-4-19(20)22/h2-7,18H,8-16H2,1H3/t18-/m0/s1. The number of hydrogen-bond donors (Lipinski definition) is 0. The molecular formula is C22H28N4O. The van der Waals surface area contributed by atoms with Crippen molar-refractivity contribution in [1.29, 1.82) is 0 Å². The number of fused-ring (bicyclic) bond motifs is 2. The molecule has 5 heteroatoms. The Morgan fingerprint density at radius 2 is 1.96 bits per heavy atom. The summed E-state index contributed by atoms with van der Waals surface area (Å²) in [5, 5.41) is 8.63. The minimum atomic E-state index is 0.282. The summed E-state index contributed by atoms with van der Waals surface area (Å²) in [5.41, 5.74) is 4.26. The first-order valence-corrected chi connectivity index (χ1v) is 10.2. The third-order valence-electron chi connectivity index (χ3n) is 6.64. The van der Waals surface area contributed by atoms with E-state index in [0.29, 0.717) is 5.92 Å². The zero-order valence-corrected chi connectivity index (χ0v) is 16.1. The van der Waals surface area contributed by atoms with E-state index in [1.807, 2.05) is 6.92 Å². The van der Waals surface area contributed by atoms with Crippen LogP contribution in [0.5, 0.6) is 0 Å². The van der Waals surface area contributed by atoms with Crippen LogP contribution in [0.15, 0.2) is 36.4 Å². The number of ether oxygens (including phenoxy) is 1. The second-order valence-corrected chi connectivity index (χ2v) is 8.43. The van der Waals surface area contributed by atoms with Crippen LogP contribution in [-0.2, 0) is 10.2 Å². The van der Waals surface area contributed by atoms with Crippen LogP contribution in [-0.4, -0.2) is 49.6 Å². The summed E-state index contributed by atoms with van der Waals surface area (Å²) in [5.74, 6) is 1.69. The molecule has 5 nitrogen and oxygen atoms in total. The molecular weight excluding hydrogens is 336 g/mol. The molecule has 1 atom stereocenters. The fourth-order valence-corrected chi connectivity index (χ4v) is 5.09. The molecule has 0 unspecified atom stereocenters. The second-order valence-electron chi connectivity index (χ2n) is 8.43. The van der Waals surface area contributed by atoms with Crippen molar-refractivity contribution in [1.82, 2.24) is 10.2 Å². The van der Waals surface area contributed by atoms with Crippen LogP contribution in [0.2, 0.25) is 0 Å². The van der Waals surface area contributed by atoms with Crippen LogP contribution in [0, 0.1) is 12.8 Å². The maximum absolute atomic E-state index is 5.62. The number of para-hydroxylation sites is 1. The van der Waals surface area contributed by atoms with Crippen LogP contribution < -0.4 is 9.80 Å². The molecule has 4 heterocycles. The van der Waals surface area contributed by atoms with E-state index in [1.165, 1.54) is 24.9 Å². The lowest BCUT2D eigenvalue weighted by molar-refractivity contribution is 0.186. The number of benzene rings is 1. The number of hydrogen-bond acceptors (Lipinski definition) is 5. The highest BCUT2D eigenvalue weighted by Crippen LogP contribution is 2.47. The molecule has 1 aromatic carbocycles. The molecule has 3 aliphatic heterocycles. The van der Waals surface area contributed by atoms with Crippen molar-refractivity contribution in [3.8, 4) is 0 Å². The topological polar surface area (TPSA) is 41.5 Å². The summed E-state index contributed by atoms with van der Waals surface area (Å²) in [6, 6.07) is 13.2. The van der Waals surface area contributed by atoms with E-state index in [4.69, 9.17) is 4.74 Å². The molecule has 142 valence electrons. The van der Waals surface area contributed by atoms with E-state index in [0.717, 1.165) is 50.9 Å². The average molecular weight is 364 g/mol. The fraction of sp³-hybridized carbons (Fsp3) is 0.545. The highest BCUT2D eigenvalue weighted by molar-refractivity contribution is 5.63. The van der Waals surface area contributed by atoms with E-state index >= 15 is 0 Å². The van der Waals surface area contributed by atoms with E-state index in [-0.39, 0.29) is 5.41 Å². The van der Waals surface area contributed by atoms with Gasteiger partial charge in [0.25, 0.3) is 0 Å². The van der Waals surface area contributed by atoms with Gasteiger partial charge in [-0.3, -0.25) is 0 Å². The monoisotopic (exact) mass is 364 g/mol. The maximum Gasteiger partial charge on any atom is 0.151 e. The Morgan fingerprint density at radius 1 is 1.11 bits per heavy atom. The molecule has 0 radical (unpaired) electrons. The van der Waals surface area contributed by atoms with Crippen molar-refractivity contribution in [2.75, 3.05) is 49.2 Å². The predicted molar refractivity (Wildman–Crippen MR) is 107 cm³/mol. The first kappa shape index (κ1) is 17.0. The molecule has 27 heavy (non-hydrogen) atoms. The maximum atomic E-state index is 5.62. The first-order valence-electron chi connectivity index (χ1n) is 10.2. The number of aromatic nitrogens is 2. The molecule has 1 spiro atoms. The molecule has 1 aromatic heterocycles. The largest absolute Gasteiger partial charge is 0.381 e. The second kappa shape index (κ2) is 6.79. The Labute approximate surface area is 161 Å². The van der Waals surface area contributed by atoms with Crippen LogP contribution in [0.3, 0.4) is 0 Å². The Kier molecular flexibility index (Phi) is 4.27. The summed E-state index contributed by atoms with van der Waals surface area (Å²) in [6.07, 6.45) is 3.56. The van der Waals surface area contributed by atoms with Gasteiger partial charge in [0.2, 0.25) is 0 Å². The van der Waals surface area contributed by atoms with E-state index in [9.17, 15) is 0 Å². The van der Waals surface area contributed by atoms with Crippen LogP contribution in [0.1, 0.15) is 30.5 Å². The molecule has 0 N–H and O–H groups in total. The van der Waals surface area contributed by atoms with Gasteiger partial charge in [0.1, 0.15) is 0 Å². The Bertz CT molecular complexity index is 792. The third kappa shape index (κ3) is 3.08.